The van der Waals surface area contributed by atoms with Crippen molar-refractivity contribution in [3.05, 3.63) is 89.0 Å². The van der Waals surface area contributed by atoms with Crippen LogP contribution in [0, 0.1) is 11.3 Å². The molecule has 0 unspecified atom stereocenters. The Hall–Kier alpha value is -4.44. The molecule has 0 aliphatic rings. The van der Waals surface area contributed by atoms with Gasteiger partial charge in [-0.3, -0.25) is 4.79 Å². The highest BCUT2D eigenvalue weighted by atomic mass is 16.5. The third-order valence-electron chi connectivity index (χ3n) is 5.36. The number of amides is 1. The molecule has 0 aromatic heterocycles. The van der Waals surface area contributed by atoms with E-state index in [1.807, 2.05) is 61.5 Å². The Labute approximate surface area is 211 Å². The molecular formula is C29H30N2O5. The molecule has 0 saturated carbocycles. The van der Waals surface area contributed by atoms with Gasteiger partial charge in [0.05, 0.1) is 20.8 Å². The summed E-state index contributed by atoms with van der Waals surface area (Å²) in [6.07, 6.45) is 2.22. The van der Waals surface area contributed by atoms with E-state index in [-0.39, 0.29) is 12.2 Å². The van der Waals surface area contributed by atoms with Gasteiger partial charge in [0.1, 0.15) is 29.7 Å². The van der Waals surface area contributed by atoms with Crippen LogP contribution < -0.4 is 24.3 Å². The average molecular weight is 487 g/mol. The van der Waals surface area contributed by atoms with Crippen LogP contribution in [0.5, 0.6) is 23.0 Å². The summed E-state index contributed by atoms with van der Waals surface area (Å²) in [6, 6.07) is 22.6. The predicted octanol–water partition coefficient (Wildman–Crippen LogP) is 4.95. The van der Waals surface area contributed by atoms with Crippen molar-refractivity contribution in [2.45, 2.75) is 20.0 Å². The van der Waals surface area contributed by atoms with E-state index in [0.29, 0.717) is 48.1 Å². The summed E-state index contributed by atoms with van der Waals surface area (Å²) >= 11 is 0. The molecule has 3 aromatic carbocycles. The van der Waals surface area contributed by atoms with Crippen molar-refractivity contribution < 1.29 is 23.7 Å². The number of hydrogen-bond acceptors (Lipinski definition) is 6. The maximum absolute atomic E-state index is 12.5. The Kier molecular flexibility index (Phi) is 9.78. The van der Waals surface area contributed by atoms with E-state index < -0.39 is 5.91 Å². The zero-order chi connectivity index (χ0) is 25.8. The number of nitrogens with one attached hydrogen (secondary N) is 1. The van der Waals surface area contributed by atoms with Gasteiger partial charge in [0.2, 0.25) is 0 Å². The van der Waals surface area contributed by atoms with Gasteiger partial charge in [0, 0.05) is 12.1 Å². The second-order valence-corrected chi connectivity index (χ2v) is 7.77. The Morgan fingerprint density at radius 1 is 0.944 bits per heavy atom. The standard InChI is InChI=1S/C29H30N2O5/c1-4-35-28-17-22(16-23(19-30)29(32)31-15-14-21-8-6-5-7-9-21)10-12-27(28)36-20-24-18-25(33-2)11-13-26(24)34-3/h5-13,16-18H,4,14-15,20H2,1-3H3,(H,31,32)/b23-16+. The summed E-state index contributed by atoms with van der Waals surface area (Å²) in [5, 5.41) is 12.4. The molecule has 0 radical (unpaired) electrons. The molecule has 0 fully saturated rings. The maximum Gasteiger partial charge on any atom is 0.261 e. The number of ether oxygens (including phenoxy) is 4. The number of rotatable bonds is 12. The first-order chi connectivity index (χ1) is 17.6. The predicted molar refractivity (Wildman–Crippen MR) is 138 cm³/mol. The van der Waals surface area contributed by atoms with Crippen molar-refractivity contribution in [1.29, 1.82) is 5.26 Å². The lowest BCUT2D eigenvalue weighted by Gasteiger charge is -2.15. The molecule has 0 saturated heterocycles. The molecule has 3 rings (SSSR count). The average Bonchev–Trinajstić information content (AvgIpc) is 2.91. The summed E-state index contributed by atoms with van der Waals surface area (Å²) < 4.78 is 22.5. The fourth-order valence-electron chi connectivity index (χ4n) is 3.53. The molecule has 0 heterocycles. The van der Waals surface area contributed by atoms with Crippen LogP contribution in [-0.2, 0) is 17.8 Å². The summed E-state index contributed by atoms with van der Waals surface area (Å²) in [7, 11) is 3.20. The van der Waals surface area contributed by atoms with Gasteiger partial charge in [0.25, 0.3) is 5.91 Å². The van der Waals surface area contributed by atoms with Crippen molar-refractivity contribution in [2.24, 2.45) is 0 Å². The van der Waals surface area contributed by atoms with Gasteiger partial charge in [-0.2, -0.15) is 5.26 Å². The third-order valence-corrected chi connectivity index (χ3v) is 5.36. The summed E-state index contributed by atoms with van der Waals surface area (Å²) in [5.74, 6) is 2.01. The highest BCUT2D eigenvalue weighted by Gasteiger charge is 2.12. The number of carbonyl (C=O) groups is 1. The van der Waals surface area contributed by atoms with Gasteiger partial charge in [0.15, 0.2) is 11.5 Å². The van der Waals surface area contributed by atoms with Crippen molar-refractivity contribution in [3.8, 4) is 29.1 Å². The lowest BCUT2D eigenvalue weighted by Crippen LogP contribution is -2.26. The number of carbonyl (C=O) groups excluding carboxylic acids is 1. The molecule has 0 bridgehead atoms. The molecule has 0 atom stereocenters. The normalized spacial score (nSPS) is 10.8. The van der Waals surface area contributed by atoms with Crippen LogP contribution in [-0.4, -0.2) is 33.3 Å². The molecule has 186 valence electrons. The van der Waals surface area contributed by atoms with Crippen molar-refractivity contribution in [1.82, 2.24) is 5.32 Å². The minimum absolute atomic E-state index is 0.0142. The smallest absolute Gasteiger partial charge is 0.261 e. The second kappa shape index (κ2) is 13.4. The topological polar surface area (TPSA) is 89.8 Å². The summed E-state index contributed by atoms with van der Waals surface area (Å²) in [5.41, 5.74) is 2.60. The minimum Gasteiger partial charge on any atom is -0.497 e. The van der Waals surface area contributed by atoms with E-state index in [4.69, 9.17) is 18.9 Å². The summed E-state index contributed by atoms with van der Waals surface area (Å²) in [6.45, 7) is 2.98. The van der Waals surface area contributed by atoms with Gasteiger partial charge in [-0.25, -0.2) is 0 Å². The SMILES string of the molecule is CCOc1cc(/C=C(\C#N)C(=O)NCCc2ccccc2)ccc1OCc1cc(OC)ccc1OC. The third kappa shape index (κ3) is 7.28. The fourth-order valence-corrected chi connectivity index (χ4v) is 3.53. The van der Waals surface area contributed by atoms with Crippen LogP contribution >= 0.6 is 0 Å². The molecule has 1 amide bonds. The van der Waals surface area contributed by atoms with Crippen LogP contribution in [0.2, 0.25) is 0 Å². The largest absolute Gasteiger partial charge is 0.497 e. The zero-order valence-electron chi connectivity index (χ0n) is 20.7. The van der Waals surface area contributed by atoms with E-state index in [1.54, 1.807) is 32.4 Å². The summed E-state index contributed by atoms with van der Waals surface area (Å²) in [4.78, 5) is 12.5. The first-order valence-corrected chi connectivity index (χ1v) is 11.6. The van der Waals surface area contributed by atoms with Gasteiger partial charge in [-0.1, -0.05) is 36.4 Å². The highest BCUT2D eigenvalue weighted by Crippen LogP contribution is 2.32. The Morgan fingerprint density at radius 3 is 2.42 bits per heavy atom. The van der Waals surface area contributed by atoms with Crippen LogP contribution in [0.1, 0.15) is 23.6 Å². The Bertz CT molecular complexity index is 1230. The van der Waals surface area contributed by atoms with E-state index in [2.05, 4.69) is 5.32 Å². The second-order valence-electron chi connectivity index (χ2n) is 7.77. The molecule has 3 aromatic rings. The van der Waals surface area contributed by atoms with E-state index in [1.165, 1.54) is 6.08 Å². The quantitative estimate of drug-likeness (QED) is 0.288. The molecule has 7 heteroatoms. The minimum atomic E-state index is -0.420. The highest BCUT2D eigenvalue weighted by molar-refractivity contribution is 6.01. The molecule has 36 heavy (non-hydrogen) atoms. The first-order valence-electron chi connectivity index (χ1n) is 11.6. The number of nitrogens with zero attached hydrogens (tertiary/aromatic N) is 1. The number of nitriles is 1. The van der Waals surface area contributed by atoms with E-state index >= 15 is 0 Å². The van der Waals surface area contributed by atoms with Crippen LogP contribution in [0.15, 0.2) is 72.3 Å². The molecule has 0 spiro atoms. The van der Waals surface area contributed by atoms with Gasteiger partial charge >= 0.3 is 0 Å². The molecule has 0 aliphatic heterocycles. The van der Waals surface area contributed by atoms with Crippen LogP contribution in [0.25, 0.3) is 6.08 Å². The van der Waals surface area contributed by atoms with Gasteiger partial charge < -0.3 is 24.3 Å². The number of methoxy groups -OCH3 is 2. The maximum atomic E-state index is 12.5. The van der Waals surface area contributed by atoms with E-state index in [9.17, 15) is 10.1 Å². The Morgan fingerprint density at radius 2 is 1.72 bits per heavy atom. The lowest BCUT2D eigenvalue weighted by atomic mass is 10.1. The van der Waals surface area contributed by atoms with Crippen molar-refractivity contribution >= 4 is 12.0 Å². The molecule has 1 N–H and O–H groups in total. The van der Waals surface area contributed by atoms with Crippen molar-refractivity contribution in [2.75, 3.05) is 27.4 Å². The number of benzene rings is 3. The van der Waals surface area contributed by atoms with Gasteiger partial charge in [-0.15, -0.1) is 0 Å². The van der Waals surface area contributed by atoms with Crippen molar-refractivity contribution in [3.63, 3.8) is 0 Å². The van der Waals surface area contributed by atoms with Gasteiger partial charge in [-0.05, 0) is 60.9 Å². The van der Waals surface area contributed by atoms with Crippen LogP contribution in [0.3, 0.4) is 0 Å². The fraction of sp³-hybridized carbons (Fsp3) is 0.241. The van der Waals surface area contributed by atoms with E-state index in [0.717, 1.165) is 11.1 Å². The monoisotopic (exact) mass is 486 g/mol. The number of hydrogen-bond donors (Lipinski definition) is 1. The van der Waals surface area contributed by atoms with Crippen LogP contribution in [0.4, 0.5) is 0 Å². The molecule has 0 aliphatic carbocycles. The molecular weight excluding hydrogens is 456 g/mol. The zero-order valence-corrected chi connectivity index (χ0v) is 20.7. The molecule has 7 nitrogen and oxygen atoms in total. The lowest BCUT2D eigenvalue weighted by molar-refractivity contribution is -0.117. The Balaban J connectivity index is 1.71. The first kappa shape index (κ1) is 26.2.